The third kappa shape index (κ3) is 7.80. The van der Waals surface area contributed by atoms with E-state index in [-0.39, 0.29) is 12.8 Å². The van der Waals surface area contributed by atoms with Crippen molar-refractivity contribution in [2.24, 2.45) is 0 Å². The minimum Gasteiger partial charge on any atom is -0.355 e. The van der Waals surface area contributed by atoms with E-state index in [4.69, 9.17) is 5.41 Å². The van der Waals surface area contributed by atoms with E-state index in [0.717, 1.165) is 58.7 Å². The fourth-order valence-electron chi connectivity index (χ4n) is 4.80. The average molecular weight is 532 g/mol. The molecule has 2 aliphatic rings. The molecule has 0 saturated carbocycles. The average Bonchev–Trinajstić information content (AvgIpc) is 2.89. The summed E-state index contributed by atoms with van der Waals surface area (Å²) in [5.74, 6) is -2.55. The Morgan fingerprint density at radius 1 is 1.05 bits per heavy atom. The van der Waals surface area contributed by atoms with Crippen LogP contribution in [-0.4, -0.2) is 59.1 Å². The van der Waals surface area contributed by atoms with Gasteiger partial charge in [-0.05, 0) is 73.8 Å². The smallest absolute Gasteiger partial charge is 0.250 e. The Morgan fingerprint density at radius 2 is 1.79 bits per heavy atom. The second-order valence-corrected chi connectivity index (χ2v) is 10.6. The first-order chi connectivity index (χ1) is 18.6. The van der Waals surface area contributed by atoms with Gasteiger partial charge in [-0.25, -0.2) is 8.78 Å². The van der Waals surface area contributed by atoms with Gasteiger partial charge >= 0.3 is 0 Å². The number of rotatable bonds is 11. The van der Waals surface area contributed by atoms with E-state index in [1.807, 2.05) is 50.3 Å². The summed E-state index contributed by atoms with van der Waals surface area (Å²) in [6.07, 6.45) is 10.6. The van der Waals surface area contributed by atoms with Gasteiger partial charge in [0.15, 0.2) is 0 Å². The maximum atomic E-state index is 13.5. The molecule has 2 N–H and O–H groups in total. The van der Waals surface area contributed by atoms with Crippen LogP contribution in [0.2, 0.25) is 0 Å². The van der Waals surface area contributed by atoms with Crippen molar-refractivity contribution in [2.75, 3.05) is 32.7 Å². The highest BCUT2D eigenvalue weighted by Crippen LogP contribution is 2.29. The first kappa shape index (κ1) is 28.6. The van der Waals surface area contributed by atoms with Crippen LogP contribution in [0.4, 0.5) is 8.78 Å². The number of alkyl halides is 2. The number of aromatic nitrogens is 1. The van der Waals surface area contributed by atoms with Crippen molar-refractivity contribution in [3.63, 3.8) is 0 Å². The first-order valence-electron chi connectivity index (χ1n) is 13.6. The Bertz CT molecular complexity index is 1280. The molecular weight excluding hydrogens is 492 g/mol. The molecule has 2 fully saturated rings. The quantitative estimate of drug-likeness (QED) is 0.257. The maximum Gasteiger partial charge on any atom is 0.250 e. The van der Waals surface area contributed by atoms with E-state index in [1.165, 1.54) is 6.42 Å². The summed E-state index contributed by atoms with van der Waals surface area (Å²) in [6.45, 7) is 16.7. The number of likely N-dealkylation sites (tertiary alicyclic amines) is 2. The standard InChI is InChI=1S/C32H39F2N5/c1-5-29(10-7-23(2)21-38-13-6-14-38)37-25(4)31(35)30-18-27(9-8-24(30)3)28-17-26(19-36-20-28)22-39-15-11-32(33,34)12-16-39/h5,7-10,17-20,35,37H,2,4,6,11-16,21-22H2,1,3H3/b10-7-,29-5+,35-31?. The van der Waals surface area contributed by atoms with Crippen molar-refractivity contribution >= 4 is 5.71 Å². The van der Waals surface area contributed by atoms with Gasteiger partial charge in [0.1, 0.15) is 0 Å². The molecule has 206 valence electrons. The molecule has 0 spiro atoms. The lowest BCUT2D eigenvalue weighted by Gasteiger charge is -2.31. The molecule has 3 heterocycles. The highest BCUT2D eigenvalue weighted by Gasteiger charge is 2.33. The third-order valence-electron chi connectivity index (χ3n) is 7.41. The Labute approximate surface area is 231 Å². The van der Waals surface area contributed by atoms with Crippen LogP contribution in [0.15, 0.2) is 85.0 Å². The second-order valence-electron chi connectivity index (χ2n) is 10.6. The number of aryl methyl sites for hydroxylation is 1. The molecule has 1 aromatic carbocycles. The van der Waals surface area contributed by atoms with Crippen molar-refractivity contribution in [3.8, 4) is 11.1 Å². The maximum absolute atomic E-state index is 13.5. The topological polar surface area (TPSA) is 55.3 Å². The van der Waals surface area contributed by atoms with Crippen molar-refractivity contribution in [3.05, 3.63) is 102 Å². The highest BCUT2D eigenvalue weighted by atomic mass is 19.3. The molecule has 4 rings (SSSR count). The van der Waals surface area contributed by atoms with Gasteiger partial charge < -0.3 is 5.32 Å². The molecule has 2 aromatic rings. The zero-order chi connectivity index (χ0) is 28.0. The molecule has 0 atom stereocenters. The van der Waals surface area contributed by atoms with Crippen molar-refractivity contribution in [1.82, 2.24) is 20.1 Å². The molecule has 39 heavy (non-hydrogen) atoms. The van der Waals surface area contributed by atoms with Crippen LogP contribution in [0.3, 0.4) is 0 Å². The summed E-state index contributed by atoms with van der Waals surface area (Å²) in [5, 5.41) is 12.1. The molecule has 5 nitrogen and oxygen atoms in total. The van der Waals surface area contributed by atoms with Crippen LogP contribution in [0.5, 0.6) is 0 Å². The van der Waals surface area contributed by atoms with E-state index >= 15 is 0 Å². The van der Waals surface area contributed by atoms with Gasteiger partial charge in [0.2, 0.25) is 0 Å². The second kappa shape index (κ2) is 12.6. The number of pyridine rings is 1. The Morgan fingerprint density at radius 3 is 2.46 bits per heavy atom. The lowest BCUT2D eigenvalue weighted by molar-refractivity contribution is -0.0566. The molecule has 0 amide bonds. The number of halogens is 2. The number of allylic oxidation sites excluding steroid dienone is 3. The monoisotopic (exact) mass is 531 g/mol. The van der Waals surface area contributed by atoms with Gasteiger partial charge in [-0.3, -0.25) is 20.2 Å². The van der Waals surface area contributed by atoms with Gasteiger partial charge in [-0.2, -0.15) is 0 Å². The summed E-state index contributed by atoms with van der Waals surface area (Å²) in [5.41, 5.74) is 7.36. The van der Waals surface area contributed by atoms with Crippen molar-refractivity contribution in [1.29, 1.82) is 5.41 Å². The minimum absolute atomic E-state index is 0.0977. The van der Waals surface area contributed by atoms with Crippen LogP contribution in [0.1, 0.15) is 42.9 Å². The zero-order valence-electron chi connectivity index (χ0n) is 23.1. The van der Waals surface area contributed by atoms with E-state index < -0.39 is 5.92 Å². The summed E-state index contributed by atoms with van der Waals surface area (Å²) >= 11 is 0. The van der Waals surface area contributed by atoms with Crippen LogP contribution in [0.25, 0.3) is 11.1 Å². The number of nitrogens with zero attached hydrogens (tertiary/aromatic N) is 3. The van der Waals surface area contributed by atoms with Crippen LogP contribution in [-0.2, 0) is 6.54 Å². The number of hydrogen-bond donors (Lipinski definition) is 2. The zero-order valence-corrected chi connectivity index (χ0v) is 23.1. The Balaban J connectivity index is 1.42. The SMILES string of the molecule is C=C(/C=C\C(=C/C)NC(=C)C(=N)c1cc(-c2cncc(CN3CCC(F)(F)CC3)c2)ccc1C)CN1CCC1. The van der Waals surface area contributed by atoms with E-state index in [0.29, 0.717) is 31.0 Å². The minimum atomic E-state index is -2.55. The van der Waals surface area contributed by atoms with Crippen LogP contribution < -0.4 is 5.32 Å². The predicted molar refractivity (Wildman–Crippen MR) is 156 cm³/mol. The number of benzene rings is 1. The Hall–Kier alpha value is -3.42. The lowest BCUT2D eigenvalue weighted by Crippen LogP contribution is -2.38. The van der Waals surface area contributed by atoms with E-state index in [9.17, 15) is 8.78 Å². The molecule has 7 heteroatoms. The normalized spacial score (nSPS) is 18.1. The van der Waals surface area contributed by atoms with Gasteiger partial charge in [0.25, 0.3) is 5.92 Å². The van der Waals surface area contributed by atoms with E-state index in [1.54, 1.807) is 12.4 Å². The molecule has 2 saturated heterocycles. The molecule has 0 bridgehead atoms. The predicted octanol–water partition coefficient (Wildman–Crippen LogP) is 6.48. The molecule has 0 unspecified atom stereocenters. The van der Waals surface area contributed by atoms with Gasteiger partial charge in [0.05, 0.1) is 11.4 Å². The molecular formula is C32H39F2N5. The molecule has 2 aliphatic heterocycles. The van der Waals surface area contributed by atoms with Crippen LogP contribution in [0, 0.1) is 12.3 Å². The molecule has 0 radical (unpaired) electrons. The summed E-state index contributed by atoms with van der Waals surface area (Å²) < 4.78 is 27.1. The highest BCUT2D eigenvalue weighted by molar-refractivity contribution is 6.11. The summed E-state index contributed by atoms with van der Waals surface area (Å²) in [4.78, 5) is 8.83. The van der Waals surface area contributed by atoms with Gasteiger partial charge in [-0.15, -0.1) is 0 Å². The number of nitrogens with one attached hydrogen (secondary N) is 2. The largest absolute Gasteiger partial charge is 0.355 e. The van der Waals surface area contributed by atoms with Crippen LogP contribution >= 0.6 is 0 Å². The van der Waals surface area contributed by atoms with Gasteiger partial charge in [-0.1, -0.05) is 37.4 Å². The summed E-state index contributed by atoms with van der Waals surface area (Å²) in [7, 11) is 0. The third-order valence-corrected chi connectivity index (χ3v) is 7.41. The lowest BCUT2D eigenvalue weighted by atomic mass is 9.96. The number of piperidine rings is 1. The Kier molecular flexibility index (Phi) is 9.25. The van der Waals surface area contributed by atoms with Crippen molar-refractivity contribution < 1.29 is 8.78 Å². The number of hydrogen-bond acceptors (Lipinski definition) is 5. The van der Waals surface area contributed by atoms with E-state index in [2.05, 4.69) is 39.3 Å². The molecule has 0 aliphatic carbocycles. The fourth-order valence-corrected chi connectivity index (χ4v) is 4.80. The first-order valence-corrected chi connectivity index (χ1v) is 13.6. The van der Waals surface area contributed by atoms with Crippen molar-refractivity contribution in [2.45, 2.75) is 45.6 Å². The summed E-state index contributed by atoms with van der Waals surface area (Å²) in [6, 6.07) is 8.07. The van der Waals surface area contributed by atoms with Gasteiger partial charge in [0, 0.05) is 68.2 Å². The molecule has 1 aromatic heterocycles. The fraction of sp³-hybridized carbons (Fsp3) is 0.375.